The number of carbonyl (C=O) groups excluding carboxylic acids is 3. The van der Waals surface area contributed by atoms with Gasteiger partial charge >= 0.3 is 5.97 Å². The van der Waals surface area contributed by atoms with Gasteiger partial charge in [-0.1, -0.05) is 0 Å². The Bertz CT molecular complexity index is 962. The topological polar surface area (TPSA) is 97.0 Å². The fraction of sp³-hybridized carbons (Fsp3) is 0.261. The Kier molecular flexibility index (Phi) is 7.40. The fourth-order valence-electron chi connectivity index (χ4n) is 3.05. The number of nitrogens with one attached hydrogen (secondary N) is 2. The van der Waals surface area contributed by atoms with E-state index >= 15 is 0 Å². The molecule has 0 aliphatic carbocycles. The van der Waals surface area contributed by atoms with Crippen molar-refractivity contribution in [1.82, 2.24) is 0 Å². The average molecular weight is 423 g/mol. The Morgan fingerprint density at radius 1 is 0.935 bits per heavy atom. The first-order valence-electron chi connectivity index (χ1n) is 9.88. The minimum atomic E-state index is -0.455. The van der Waals surface area contributed by atoms with Gasteiger partial charge in [0, 0.05) is 41.8 Å². The maximum atomic E-state index is 12.3. The summed E-state index contributed by atoms with van der Waals surface area (Å²) in [5.74, 6) is -1.26. The number of carbonyl (C=O) groups is 3. The zero-order valence-electron chi connectivity index (χ0n) is 17.5. The maximum Gasteiger partial charge on any atom is 0.337 e. The smallest absolute Gasteiger partial charge is 0.337 e. The molecule has 31 heavy (non-hydrogen) atoms. The largest absolute Gasteiger partial charge is 0.465 e. The number of hydrogen-bond donors (Lipinski definition) is 2. The second-order valence-electron chi connectivity index (χ2n) is 6.99. The molecule has 0 bridgehead atoms. The average Bonchev–Trinajstić information content (AvgIpc) is 2.80. The predicted molar refractivity (Wildman–Crippen MR) is 118 cm³/mol. The molecule has 1 aliphatic rings. The molecule has 3 rings (SSSR count). The van der Waals surface area contributed by atoms with Crippen molar-refractivity contribution >= 4 is 34.8 Å². The van der Waals surface area contributed by atoms with E-state index in [9.17, 15) is 14.4 Å². The number of rotatable bonds is 6. The summed E-state index contributed by atoms with van der Waals surface area (Å²) in [6.45, 7) is 4.65. The van der Waals surface area contributed by atoms with Crippen LogP contribution in [0.3, 0.4) is 0 Å². The van der Waals surface area contributed by atoms with Crippen LogP contribution in [0.15, 0.2) is 60.2 Å². The van der Waals surface area contributed by atoms with Gasteiger partial charge in [0.25, 0.3) is 5.91 Å². The first-order valence-corrected chi connectivity index (χ1v) is 9.88. The molecule has 0 spiro atoms. The van der Waals surface area contributed by atoms with Crippen molar-refractivity contribution in [3.63, 3.8) is 0 Å². The van der Waals surface area contributed by atoms with E-state index < -0.39 is 17.8 Å². The van der Waals surface area contributed by atoms with Crippen LogP contribution in [0.1, 0.15) is 17.3 Å². The first kappa shape index (κ1) is 22.0. The summed E-state index contributed by atoms with van der Waals surface area (Å²) in [6, 6.07) is 13.8. The molecular formula is C23H25N3O5. The quantitative estimate of drug-likeness (QED) is 0.548. The number of ether oxygens (including phenoxy) is 2. The monoisotopic (exact) mass is 423 g/mol. The van der Waals surface area contributed by atoms with Crippen molar-refractivity contribution < 1.29 is 23.9 Å². The summed E-state index contributed by atoms with van der Waals surface area (Å²) < 4.78 is 9.99. The number of hydrogen-bond acceptors (Lipinski definition) is 6. The van der Waals surface area contributed by atoms with Gasteiger partial charge in [-0.2, -0.15) is 0 Å². The van der Waals surface area contributed by atoms with Crippen molar-refractivity contribution in [2.45, 2.75) is 6.92 Å². The second-order valence-corrected chi connectivity index (χ2v) is 6.99. The highest BCUT2D eigenvalue weighted by Gasteiger charge is 2.12. The van der Waals surface area contributed by atoms with Crippen LogP contribution in [-0.4, -0.2) is 51.2 Å². The molecule has 0 saturated carbocycles. The van der Waals surface area contributed by atoms with Crippen molar-refractivity contribution in [2.24, 2.45) is 0 Å². The zero-order valence-corrected chi connectivity index (χ0v) is 17.5. The highest BCUT2D eigenvalue weighted by Crippen LogP contribution is 2.19. The summed E-state index contributed by atoms with van der Waals surface area (Å²) in [5.41, 5.74) is 2.85. The van der Waals surface area contributed by atoms with Gasteiger partial charge in [0.1, 0.15) is 0 Å². The molecule has 0 aromatic heterocycles. The molecule has 2 N–H and O–H groups in total. The van der Waals surface area contributed by atoms with Crippen LogP contribution >= 0.6 is 0 Å². The van der Waals surface area contributed by atoms with Gasteiger partial charge in [-0.25, -0.2) is 4.79 Å². The van der Waals surface area contributed by atoms with Crippen LogP contribution < -0.4 is 15.5 Å². The molecule has 2 aromatic rings. The highest BCUT2D eigenvalue weighted by atomic mass is 16.5. The van der Waals surface area contributed by atoms with Gasteiger partial charge in [0.2, 0.25) is 5.91 Å². The lowest BCUT2D eigenvalue weighted by molar-refractivity contribution is -0.114. The van der Waals surface area contributed by atoms with Crippen LogP contribution in [-0.2, 0) is 19.1 Å². The Hall–Kier alpha value is -3.65. The molecule has 2 aromatic carbocycles. The van der Waals surface area contributed by atoms with E-state index in [0.29, 0.717) is 30.2 Å². The lowest BCUT2D eigenvalue weighted by Crippen LogP contribution is -2.36. The van der Waals surface area contributed by atoms with Crippen LogP contribution in [0.5, 0.6) is 0 Å². The number of morpholine rings is 1. The summed E-state index contributed by atoms with van der Waals surface area (Å²) in [4.78, 5) is 38.3. The van der Waals surface area contributed by atoms with Crippen molar-refractivity contribution in [2.75, 3.05) is 48.9 Å². The molecule has 162 valence electrons. The molecule has 0 radical (unpaired) electrons. The normalized spacial score (nSPS) is 14.0. The molecule has 8 heteroatoms. The molecule has 1 heterocycles. The third-order valence-corrected chi connectivity index (χ3v) is 4.78. The van der Waals surface area contributed by atoms with Crippen molar-refractivity contribution in [3.8, 4) is 0 Å². The Balaban J connectivity index is 1.54. The van der Waals surface area contributed by atoms with Crippen LogP contribution in [0, 0.1) is 0 Å². The number of methoxy groups -OCH3 is 1. The van der Waals surface area contributed by atoms with E-state index in [2.05, 4.69) is 20.3 Å². The molecule has 1 saturated heterocycles. The van der Waals surface area contributed by atoms with Gasteiger partial charge in [0.15, 0.2) is 0 Å². The van der Waals surface area contributed by atoms with Gasteiger partial charge < -0.3 is 25.0 Å². The number of amides is 2. The maximum absolute atomic E-state index is 12.3. The molecule has 0 unspecified atom stereocenters. The SMILES string of the molecule is COC(=O)c1ccc(NC(=O)/C(C)=C/C(=O)Nc2ccc(N3CCOCC3)cc2)cc1. The lowest BCUT2D eigenvalue weighted by Gasteiger charge is -2.28. The van der Waals surface area contributed by atoms with E-state index in [4.69, 9.17) is 4.74 Å². The van der Waals surface area contributed by atoms with Crippen LogP contribution in [0.25, 0.3) is 0 Å². The van der Waals surface area contributed by atoms with Gasteiger partial charge in [-0.05, 0) is 55.5 Å². The Morgan fingerprint density at radius 2 is 1.52 bits per heavy atom. The molecule has 2 amide bonds. The van der Waals surface area contributed by atoms with Crippen molar-refractivity contribution in [3.05, 3.63) is 65.7 Å². The minimum Gasteiger partial charge on any atom is -0.465 e. The Labute approximate surface area is 180 Å². The summed E-state index contributed by atoms with van der Waals surface area (Å²) in [6.07, 6.45) is 1.24. The van der Waals surface area contributed by atoms with E-state index in [1.807, 2.05) is 24.3 Å². The third kappa shape index (κ3) is 6.16. The molecule has 8 nitrogen and oxygen atoms in total. The lowest BCUT2D eigenvalue weighted by atomic mass is 10.2. The Morgan fingerprint density at radius 3 is 2.13 bits per heavy atom. The van der Waals surface area contributed by atoms with Crippen LogP contribution in [0.2, 0.25) is 0 Å². The molecule has 1 aliphatic heterocycles. The number of nitrogens with zero attached hydrogens (tertiary/aromatic N) is 1. The predicted octanol–water partition coefficient (Wildman–Crippen LogP) is 2.83. The van der Waals surface area contributed by atoms with Gasteiger partial charge in [0.05, 0.1) is 25.9 Å². The van der Waals surface area contributed by atoms with E-state index in [0.717, 1.165) is 18.8 Å². The summed E-state index contributed by atoms with van der Waals surface area (Å²) in [7, 11) is 1.30. The van der Waals surface area contributed by atoms with Gasteiger partial charge in [-0.15, -0.1) is 0 Å². The number of esters is 1. The highest BCUT2D eigenvalue weighted by molar-refractivity contribution is 6.10. The van der Waals surface area contributed by atoms with E-state index in [-0.39, 0.29) is 5.57 Å². The second kappa shape index (κ2) is 10.4. The fourth-order valence-corrected chi connectivity index (χ4v) is 3.05. The first-order chi connectivity index (χ1) is 15.0. The van der Waals surface area contributed by atoms with E-state index in [1.54, 1.807) is 31.2 Å². The summed E-state index contributed by atoms with van der Waals surface area (Å²) in [5, 5.41) is 5.44. The third-order valence-electron chi connectivity index (χ3n) is 4.78. The van der Waals surface area contributed by atoms with Crippen molar-refractivity contribution in [1.29, 1.82) is 0 Å². The number of anilines is 3. The van der Waals surface area contributed by atoms with Crippen LogP contribution in [0.4, 0.5) is 17.1 Å². The molecule has 1 fully saturated rings. The zero-order chi connectivity index (χ0) is 22.2. The molecule has 0 atom stereocenters. The summed E-state index contributed by atoms with van der Waals surface area (Å²) >= 11 is 0. The van der Waals surface area contributed by atoms with E-state index in [1.165, 1.54) is 13.2 Å². The number of benzene rings is 2. The standard InChI is InChI=1S/C23H25N3O5/c1-16(22(28)25-19-5-3-17(4-6-19)23(29)30-2)15-21(27)24-18-7-9-20(10-8-18)26-11-13-31-14-12-26/h3-10,15H,11-14H2,1-2H3,(H,24,27)(H,25,28)/b16-15+. The van der Waals surface area contributed by atoms with Gasteiger partial charge in [-0.3, -0.25) is 9.59 Å². The molecular weight excluding hydrogens is 398 g/mol. The minimum absolute atomic E-state index is 0.250.